The van der Waals surface area contributed by atoms with Crippen LogP contribution in [0.3, 0.4) is 0 Å². The van der Waals surface area contributed by atoms with Crippen LogP contribution < -0.4 is 39.8 Å². The Morgan fingerprint density at radius 3 is 2.25 bits per heavy atom. The number of nitrogens with one attached hydrogen (secondary N) is 1. The molecular weight excluding hydrogens is 963 g/mol. The van der Waals surface area contributed by atoms with Gasteiger partial charge in [0.05, 0.1) is 50.1 Å². The molecule has 5 aromatic carbocycles. The molecular formula is C53H57N5O10S3. The van der Waals surface area contributed by atoms with Gasteiger partial charge in [-0.15, -0.1) is 0 Å². The fourth-order valence-electron chi connectivity index (χ4n) is 9.06. The van der Waals surface area contributed by atoms with E-state index in [1.807, 2.05) is 71.3 Å². The largest absolute Gasteiger partial charge is 0.493 e. The van der Waals surface area contributed by atoms with E-state index >= 15 is 0 Å². The van der Waals surface area contributed by atoms with Gasteiger partial charge in [-0.05, 0) is 96.5 Å². The van der Waals surface area contributed by atoms with Gasteiger partial charge in [-0.3, -0.25) is 14.4 Å². The topological polar surface area (TPSA) is 171 Å². The molecule has 4 heterocycles. The number of nitrogen functional groups attached to an aromatic ring is 1. The summed E-state index contributed by atoms with van der Waals surface area (Å²) < 4.78 is 24.5. The number of rotatable bonds is 20. The van der Waals surface area contributed by atoms with E-state index in [0.29, 0.717) is 70.3 Å². The number of hydroxylamine groups is 2. The van der Waals surface area contributed by atoms with E-state index < -0.39 is 5.97 Å². The molecule has 0 aliphatic carbocycles. The average Bonchev–Trinajstić information content (AvgIpc) is 4.07. The molecule has 15 nitrogen and oxygen atoms in total. The molecule has 1 unspecified atom stereocenters. The highest BCUT2D eigenvalue weighted by Gasteiger charge is 2.38. The van der Waals surface area contributed by atoms with Crippen LogP contribution in [0.25, 0.3) is 0 Å². The molecule has 9 rings (SSSR count). The molecule has 5 aromatic rings. The summed E-state index contributed by atoms with van der Waals surface area (Å²) in [6.45, 7) is 6.16. The number of hydrogen-bond acceptors (Lipinski definition) is 15. The molecule has 0 aromatic heterocycles. The first-order chi connectivity index (χ1) is 34.4. The molecule has 1 saturated heterocycles. The van der Waals surface area contributed by atoms with E-state index in [1.54, 1.807) is 58.9 Å². The number of amides is 3. The molecule has 18 heteroatoms. The molecule has 4 aliphatic rings. The van der Waals surface area contributed by atoms with E-state index in [-0.39, 0.29) is 66.9 Å². The average molecular weight is 1020 g/mol. The molecule has 0 saturated carbocycles. The Hall–Kier alpha value is -6.21. The Bertz CT molecular complexity index is 2830. The number of ether oxygens (including phenoxy) is 4. The molecule has 0 bridgehead atoms. The predicted molar refractivity (Wildman–Crippen MR) is 280 cm³/mol. The first kappa shape index (κ1) is 49.8. The van der Waals surface area contributed by atoms with E-state index in [0.717, 1.165) is 63.5 Å². The van der Waals surface area contributed by atoms with Crippen molar-refractivity contribution in [3.05, 3.63) is 130 Å². The quantitative estimate of drug-likeness (QED) is 0.0429. The molecule has 1 fully saturated rings. The number of methoxy groups -OCH3 is 2. The minimum atomic E-state index is -0.492. The highest BCUT2D eigenvalue weighted by molar-refractivity contribution is 8.77. The van der Waals surface area contributed by atoms with Gasteiger partial charge < -0.3 is 44.6 Å². The van der Waals surface area contributed by atoms with Gasteiger partial charge in [0.1, 0.15) is 13.2 Å². The molecule has 372 valence electrons. The van der Waals surface area contributed by atoms with Crippen LogP contribution in [0.1, 0.15) is 81.6 Å². The number of carbonyl (C=O) groups excluding carboxylic acids is 4. The number of carbonyl (C=O) groups is 4. The zero-order valence-corrected chi connectivity index (χ0v) is 42.6. The van der Waals surface area contributed by atoms with Crippen molar-refractivity contribution in [2.45, 2.75) is 75.7 Å². The van der Waals surface area contributed by atoms with Crippen LogP contribution in [0.2, 0.25) is 0 Å². The zero-order valence-electron chi connectivity index (χ0n) is 40.2. The van der Waals surface area contributed by atoms with Crippen molar-refractivity contribution >= 4 is 79.8 Å². The predicted octanol–water partition coefficient (Wildman–Crippen LogP) is 9.44. The monoisotopic (exact) mass is 1020 g/mol. The smallest absolute Gasteiger partial charge is 0.335 e. The number of para-hydroxylation sites is 2. The number of nitrogens with two attached hydrogens (primary N) is 1. The highest BCUT2D eigenvalue weighted by atomic mass is 33.1. The summed E-state index contributed by atoms with van der Waals surface area (Å²) in [4.78, 5) is 65.5. The summed E-state index contributed by atoms with van der Waals surface area (Å²) in [7, 11) is 6.59. The van der Waals surface area contributed by atoms with Gasteiger partial charge in [0.25, 0.3) is 17.7 Å². The third-order valence-electron chi connectivity index (χ3n) is 12.5. The Labute approximate surface area is 425 Å². The molecule has 1 atom stereocenters. The molecule has 0 radical (unpaired) electrons. The lowest BCUT2D eigenvalue weighted by Crippen LogP contribution is -2.39. The fourth-order valence-corrected chi connectivity index (χ4v) is 13.2. The maximum atomic E-state index is 14.1. The Morgan fingerprint density at radius 2 is 1.52 bits per heavy atom. The van der Waals surface area contributed by atoms with E-state index in [1.165, 1.54) is 0 Å². The summed E-state index contributed by atoms with van der Waals surface area (Å²) in [5, 5.41) is 4.21. The first-order valence-electron chi connectivity index (χ1n) is 23.5. The summed E-state index contributed by atoms with van der Waals surface area (Å²) >= 11 is 1.81. The van der Waals surface area contributed by atoms with Crippen LogP contribution >= 0.6 is 33.3 Å². The van der Waals surface area contributed by atoms with Crippen LogP contribution in [0.4, 0.5) is 22.7 Å². The second-order valence-electron chi connectivity index (χ2n) is 18.2. The van der Waals surface area contributed by atoms with Gasteiger partial charge in [-0.2, -0.15) is 11.8 Å². The van der Waals surface area contributed by atoms with Gasteiger partial charge in [0, 0.05) is 70.7 Å². The second kappa shape index (κ2) is 22.1. The Kier molecular flexibility index (Phi) is 15.5. The number of anilines is 4. The lowest BCUT2D eigenvalue weighted by Gasteiger charge is -2.23. The van der Waals surface area contributed by atoms with E-state index in [9.17, 15) is 19.2 Å². The van der Waals surface area contributed by atoms with Crippen LogP contribution in [0.15, 0.2) is 91.0 Å². The lowest BCUT2D eigenvalue weighted by molar-refractivity contribution is -0.302. The molecule has 0 spiro atoms. The van der Waals surface area contributed by atoms with Crippen molar-refractivity contribution in [3.63, 3.8) is 0 Å². The van der Waals surface area contributed by atoms with Crippen molar-refractivity contribution in [1.29, 1.82) is 0 Å². The van der Waals surface area contributed by atoms with Gasteiger partial charge in [0.2, 0.25) is 0 Å². The maximum Gasteiger partial charge on any atom is 0.335 e. The minimum Gasteiger partial charge on any atom is -0.493 e. The molecule has 3 N–H and O–H groups in total. The number of thioether (sulfide) groups is 1. The van der Waals surface area contributed by atoms with Gasteiger partial charge in [0.15, 0.2) is 23.0 Å². The van der Waals surface area contributed by atoms with Crippen LogP contribution in [0.5, 0.6) is 23.0 Å². The van der Waals surface area contributed by atoms with Crippen molar-refractivity contribution < 1.29 is 47.8 Å². The third kappa shape index (κ3) is 11.5. The van der Waals surface area contributed by atoms with E-state index in [4.69, 9.17) is 34.4 Å². The number of fused-ring (bicyclic) bond motifs is 5. The van der Waals surface area contributed by atoms with Gasteiger partial charge in [-0.1, -0.05) is 70.1 Å². The van der Waals surface area contributed by atoms with Crippen LogP contribution in [0, 0.1) is 0 Å². The van der Waals surface area contributed by atoms with Crippen LogP contribution in [-0.4, -0.2) is 85.1 Å². The minimum absolute atomic E-state index is 0.00949. The Balaban J connectivity index is 0.883. The number of nitrogens with zero attached hydrogens (tertiary/aromatic N) is 3. The summed E-state index contributed by atoms with van der Waals surface area (Å²) in [5.74, 6) is 2.92. The number of hydrogen-bond donors (Lipinski definition) is 2. The third-order valence-corrected chi connectivity index (χ3v) is 17.5. The lowest BCUT2D eigenvalue weighted by atomic mass is 10.1. The van der Waals surface area contributed by atoms with Crippen molar-refractivity contribution in [2.24, 2.45) is 0 Å². The summed E-state index contributed by atoms with van der Waals surface area (Å²) in [6, 6.07) is 29.1. The summed E-state index contributed by atoms with van der Waals surface area (Å²) in [5.41, 5.74) is 15.4. The van der Waals surface area contributed by atoms with Gasteiger partial charge >= 0.3 is 5.97 Å². The summed E-state index contributed by atoms with van der Waals surface area (Å²) in [6.07, 6.45) is 2.55. The molecule has 4 aliphatic heterocycles. The number of benzene rings is 5. The zero-order chi connectivity index (χ0) is 49.6. The fraction of sp³-hybridized carbons (Fsp3) is 0.358. The SMILES string of the molecule is COc1cc(C(=O)N2CCc3ccccc32)c(N)cc1OCc1cc(COc2cc3c(cc2OC)C(=O)N2c4ccccc4CC2CN3)cc(CSCC(C)(C)SSCCCC(=O)ON2OCCC2=O)c1. The standard InChI is InChI=1S/C53H57N5O10S3/c1-53(2,71-70-19-9-14-50(60)68-58-49(59)16-18-67-58)32-69-31-35-21-33(29-65-47-26-41(54)39(24-45(47)63-3)51(61)56-17-15-36-10-5-7-12-43(36)56)20-34(22-35)30-66-48-27-42-40(25-46(48)64-4)52(62)57-38(28-55-42)23-37-11-6-8-13-44(37)57/h5-8,10-13,20-22,24-27,38,55H,9,14-19,23,28-32,54H2,1-4H3. The van der Waals surface area contributed by atoms with Crippen molar-refractivity contribution in [3.8, 4) is 23.0 Å². The molecule has 71 heavy (non-hydrogen) atoms. The Morgan fingerprint density at radius 1 is 0.831 bits per heavy atom. The van der Waals surface area contributed by atoms with Crippen LogP contribution in [-0.2, 0) is 51.1 Å². The van der Waals surface area contributed by atoms with Crippen molar-refractivity contribution in [1.82, 2.24) is 5.23 Å². The highest BCUT2D eigenvalue weighted by Crippen LogP contribution is 2.42. The normalized spacial score (nSPS) is 15.9. The van der Waals surface area contributed by atoms with Crippen molar-refractivity contribution in [2.75, 3.05) is 66.3 Å². The first-order valence-corrected chi connectivity index (χ1v) is 27.0. The van der Waals surface area contributed by atoms with E-state index in [2.05, 4.69) is 37.4 Å². The maximum absolute atomic E-state index is 14.1. The second-order valence-corrected chi connectivity index (χ2v) is 22.3. The van der Waals surface area contributed by atoms with Gasteiger partial charge in [-0.25, -0.2) is 9.63 Å². The molecule has 3 amide bonds.